The zero-order valence-corrected chi connectivity index (χ0v) is 7.86. The van der Waals surface area contributed by atoms with Crippen molar-refractivity contribution in [3.8, 4) is 0 Å². The third kappa shape index (κ3) is 1.21. The van der Waals surface area contributed by atoms with Gasteiger partial charge in [-0.15, -0.1) is 0 Å². The average Bonchev–Trinajstić information content (AvgIpc) is 2.49. The third-order valence-corrected chi connectivity index (χ3v) is 2.26. The fourth-order valence-corrected chi connectivity index (χ4v) is 1.58. The second-order valence-electron chi connectivity index (χ2n) is 3.37. The van der Waals surface area contributed by atoms with Gasteiger partial charge in [-0.1, -0.05) is 6.07 Å². The summed E-state index contributed by atoms with van der Waals surface area (Å²) in [7, 11) is 0. The Bertz CT molecular complexity index is 429. The van der Waals surface area contributed by atoms with Gasteiger partial charge in [0, 0.05) is 17.8 Å². The molecule has 0 radical (unpaired) electrons. The summed E-state index contributed by atoms with van der Waals surface area (Å²) in [6, 6.07) is 4.10. The van der Waals surface area contributed by atoms with Crippen LogP contribution < -0.4 is 5.73 Å². The first-order valence-electron chi connectivity index (χ1n) is 4.38. The van der Waals surface area contributed by atoms with E-state index in [1.54, 1.807) is 0 Å². The van der Waals surface area contributed by atoms with Gasteiger partial charge in [0.15, 0.2) is 0 Å². The molecule has 2 N–H and O–H groups in total. The Hall–Kier alpha value is -1.35. The average molecular weight is 175 g/mol. The van der Waals surface area contributed by atoms with Gasteiger partial charge < -0.3 is 5.73 Å². The number of hydrogen-bond donors (Lipinski definition) is 1. The molecule has 0 aromatic carbocycles. The quantitative estimate of drug-likeness (QED) is 0.716. The first-order valence-corrected chi connectivity index (χ1v) is 4.38. The predicted molar refractivity (Wildman–Crippen MR) is 52.5 cm³/mol. The fraction of sp³-hybridized carbons (Fsp3) is 0.300. The van der Waals surface area contributed by atoms with Crippen molar-refractivity contribution in [1.82, 2.24) is 9.61 Å². The molecule has 2 aromatic rings. The lowest BCUT2D eigenvalue weighted by Crippen LogP contribution is -2.04. The van der Waals surface area contributed by atoms with E-state index in [1.165, 1.54) is 5.56 Å². The van der Waals surface area contributed by atoms with Crippen molar-refractivity contribution in [2.75, 3.05) is 0 Å². The number of nitrogens with two attached hydrogens (primary N) is 1. The molecule has 1 unspecified atom stereocenters. The molecule has 2 rings (SSSR count). The topological polar surface area (TPSA) is 43.3 Å². The Morgan fingerprint density at radius 1 is 1.54 bits per heavy atom. The van der Waals surface area contributed by atoms with Crippen LogP contribution in [0.25, 0.3) is 5.52 Å². The van der Waals surface area contributed by atoms with Crippen molar-refractivity contribution in [2.24, 2.45) is 5.73 Å². The molecule has 2 aromatic heterocycles. The smallest absolute Gasteiger partial charge is 0.0738 e. The Morgan fingerprint density at radius 3 is 3.00 bits per heavy atom. The van der Waals surface area contributed by atoms with E-state index in [0.29, 0.717) is 0 Å². The number of aromatic nitrogens is 2. The Balaban J connectivity index is 2.79. The molecule has 0 spiro atoms. The fourth-order valence-electron chi connectivity index (χ4n) is 1.58. The maximum absolute atomic E-state index is 5.84. The number of pyridine rings is 1. The maximum atomic E-state index is 5.84. The summed E-state index contributed by atoms with van der Waals surface area (Å²) < 4.78 is 1.87. The number of nitrogens with zero attached hydrogens (tertiary/aromatic N) is 2. The van der Waals surface area contributed by atoms with E-state index in [0.717, 1.165) is 11.1 Å². The Labute approximate surface area is 77.2 Å². The molecule has 0 aliphatic rings. The molecule has 0 aliphatic carbocycles. The molecule has 0 aliphatic heterocycles. The molecule has 0 saturated heterocycles. The lowest BCUT2D eigenvalue weighted by molar-refractivity contribution is 0.825. The van der Waals surface area contributed by atoms with Crippen molar-refractivity contribution in [3.63, 3.8) is 0 Å². The van der Waals surface area contributed by atoms with Gasteiger partial charge in [0.1, 0.15) is 0 Å². The maximum Gasteiger partial charge on any atom is 0.0738 e. The van der Waals surface area contributed by atoms with E-state index >= 15 is 0 Å². The molecule has 13 heavy (non-hydrogen) atoms. The van der Waals surface area contributed by atoms with Crippen LogP contribution >= 0.6 is 0 Å². The lowest BCUT2D eigenvalue weighted by Gasteiger charge is -2.04. The van der Waals surface area contributed by atoms with Gasteiger partial charge >= 0.3 is 0 Å². The van der Waals surface area contributed by atoms with E-state index in [4.69, 9.17) is 5.73 Å². The van der Waals surface area contributed by atoms with Gasteiger partial charge in [-0.25, -0.2) is 4.52 Å². The van der Waals surface area contributed by atoms with Gasteiger partial charge in [-0.2, -0.15) is 5.10 Å². The van der Waals surface area contributed by atoms with Crippen LogP contribution in [0.3, 0.4) is 0 Å². The summed E-state index contributed by atoms with van der Waals surface area (Å²) >= 11 is 0. The predicted octanol–water partition coefficient (Wildman–Crippen LogP) is 1.66. The molecule has 2 heterocycles. The molecular formula is C10H13N3. The third-order valence-electron chi connectivity index (χ3n) is 2.26. The van der Waals surface area contributed by atoms with Crippen LogP contribution in [-0.4, -0.2) is 9.61 Å². The van der Waals surface area contributed by atoms with Crippen molar-refractivity contribution in [2.45, 2.75) is 19.9 Å². The monoisotopic (exact) mass is 175 g/mol. The van der Waals surface area contributed by atoms with Crippen molar-refractivity contribution in [3.05, 3.63) is 35.7 Å². The molecule has 0 amide bonds. The summed E-state index contributed by atoms with van der Waals surface area (Å²) in [5.74, 6) is 0. The molecule has 68 valence electrons. The summed E-state index contributed by atoms with van der Waals surface area (Å²) in [5, 5.41) is 4.24. The van der Waals surface area contributed by atoms with Crippen LogP contribution in [-0.2, 0) is 0 Å². The van der Waals surface area contributed by atoms with Crippen LogP contribution in [0.1, 0.15) is 24.1 Å². The molecule has 0 bridgehead atoms. The second-order valence-corrected chi connectivity index (χ2v) is 3.37. The molecule has 0 saturated carbocycles. The zero-order valence-electron chi connectivity index (χ0n) is 7.86. The van der Waals surface area contributed by atoms with Crippen molar-refractivity contribution >= 4 is 5.52 Å². The van der Waals surface area contributed by atoms with Crippen LogP contribution in [0.2, 0.25) is 0 Å². The van der Waals surface area contributed by atoms with Crippen LogP contribution in [0.4, 0.5) is 0 Å². The number of fused-ring (bicyclic) bond motifs is 1. The summed E-state index contributed by atoms with van der Waals surface area (Å²) in [6.45, 7) is 4.05. The normalized spacial score (nSPS) is 13.5. The zero-order chi connectivity index (χ0) is 9.42. The van der Waals surface area contributed by atoms with Gasteiger partial charge in [-0.05, 0) is 25.5 Å². The lowest BCUT2D eigenvalue weighted by atomic mass is 10.1. The van der Waals surface area contributed by atoms with Gasteiger partial charge in [0.25, 0.3) is 0 Å². The minimum absolute atomic E-state index is 0.0404. The van der Waals surface area contributed by atoms with Crippen molar-refractivity contribution < 1.29 is 0 Å². The molecule has 3 nitrogen and oxygen atoms in total. The summed E-state index contributed by atoms with van der Waals surface area (Å²) in [6.07, 6.45) is 3.78. The number of aryl methyl sites for hydroxylation is 1. The molecule has 3 heteroatoms. The van der Waals surface area contributed by atoms with Crippen LogP contribution in [0, 0.1) is 6.92 Å². The first-order chi connectivity index (χ1) is 6.20. The van der Waals surface area contributed by atoms with E-state index in [2.05, 4.69) is 18.1 Å². The number of rotatable bonds is 1. The van der Waals surface area contributed by atoms with Crippen LogP contribution in [0.15, 0.2) is 24.5 Å². The largest absolute Gasteiger partial charge is 0.324 e. The van der Waals surface area contributed by atoms with E-state index in [9.17, 15) is 0 Å². The van der Waals surface area contributed by atoms with E-state index in [1.807, 2.05) is 29.9 Å². The van der Waals surface area contributed by atoms with E-state index in [-0.39, 0.29) is 6.04 Å². The highest BCUT2D eigenvalue weighted by atomic mass is 15.2. The van der Waals surface area contributed by atoms with Crippen molar-refractivity contribution in [1.29, 1.82) is 0 Å². The standard InChI is InChI=1S/C10H13N3/c1-7-4-3-5-13-10(7)9(6-12-13)8(2)11/h3-6,8H,11H2,1-2H3. The Morgan fingerprint density at radius 2 is 2.31 bits per heavy atom. The summed E-state index contributed by atoms with van der Waals surface area (Å²) in [4.78, 5) is 0. The highest BCUT2D eigenvalue weighted by Crippen LogP contribution is 2.19. The molecular weight excluding hydrogens is 162 g/mol. The van der Waals surface area contributed by atoms with Gasteiger partial charge in [-0.3, -0.25) is 0 Å². The van der Waals surface area contributed by atoms with Crippen LogP contribution in [0.5, 0.6) is 0 Å². The SMILES string of the molecule is Cc1cccn2ncc(C(C)N)c12. The summed E-state index contributed by atoms with van der Waals surface area (Å²) in [5.41, 5.74) is 9.30. The first kappa shape index (κ1) is 8.26. The molecule has 1 atom stereocenters. The van der Waals surface area contributed by atoms with E-state index < -0.39 is 0 Å². The Kier molecular flexibility index (Phi) is 1.81. The van der Waals surface area contributed by atoms with Gasteiger partial charge in [0.2, 0.25) is 0 Å². The highest BCUT2D eigenvalue weighted by molar-refractivity contribution is 5.60. The minimum atomic E-state index is 0.0404. The van der Waals surface area contributed by atoms with Gasteiger partial charge in [0.05, 0.1) is 11.7 Å². The second kappa shape index (κ2) is 2.85. The minimum Gasteiger partial charge on any atom is -0.324 e. The number of hydrogen-bond acceptors (Lipinski definition) is 2. The highest BCUT2D eigenvalue weighted by Gasteiger charge is 2.08. The molecule has 0 fully saturated rings.